The van der Waals surface area contributed by atoms with Gasteiger partial charge in [0.1, 0.15) is 0 Å². The van der Waals surface area contributed by atoms with Crippen LogP contribution in [0, 0.1) is 0 Å². The monoisotopic (exact) mass is 299 g/mol. The van der Waals surface area contributed by atoms with Gasteiger partial charge in [-0.1, -0.05) is 11.6 Å². The molecular formula is C15H22ClNO3. The third-order valence-electron chi connectivity index (χ3n) is 3.27. The lowest BCUT2D eigenvalue weighted by molar-refractivity contribution is 0.246. The summed E-state index contributed by atoms with van der Waals surface area (Å²) in [4.78, 5) is 0. The fraction of sp³-hybridized carbons (Fsp3) is 0.600. The molecule has 0 amide bonds. The van der Waals surface area contributed by atoms with Gasteiger partial charge in [-0.2, -0.15) is 0 Å². The smallest absolute Gasteiger partial charge is 0.165 e. The molecule has 0 bridgehead atoms. The van der Waals surface area contributed by atoms with Crippen molar-refractivity contribution in [2.24, 2.45) is 0 Å². The number of nitrogens with one attached hydrogen (secondary N) is 1. The molecule has 1 saturated carbocycles. The normalized spacial score (nSPS) is 14.3. The molecule has 5 heteroatoms. The molecule has 4 nitrogen and oxygen atoms in total. The second kappa shape index (κ2) is 7.72. The third kappa shape index (κ3) is 4.54. The van der Waals surface area contributed by atoms with Crippen molar-refractivity contribution in [1.82, 2.24) is 5.32 Å². The van der Waals surface area contributed by atoms with E-state index in [4.69, 9.17) is 26.2 Å². The molecule has 20 heavy (non-hydrogen) atoms. The predicted octanol–water partition coefficient (Wildman–Crippen LogP) is 2.75. The van der Waals surface area contributed by atoms with Gasteiger partial charge < -0.3 is 19.9 Å². The van der Waals surface area contributed by atoms with E-state index in [2.05, 4.69) is 5.32 Å². The molecule has 112 valence electrons. The van der Waals surface area contributed by atoms with E-state index < -0.39 is 0 Å². The molecular weight excluding hydrogens is 278 g/mol. The average Bonchev–Trinajstić information content (AvgIpc) is 3.26. The van der Waals surface area contributed by atoms with Gasteiger partial charge in [-0.15, -0.1) is 0 Å². The van der Waals surface area contributed by atoms with Crippen LogP contribution >= 0.6 is 11.6 Å². The van der Waals surface area contributed by atoms with Crippen LogP contribution in [0.15, 0.2) is 12.1 Å². The fourth-order valence-electron chi connectivity index (χ4n) is 2.00. The molecule has 0 unspecified atom stereocenters. The van der Waals surface area contributed by atoms with Crippen molar-refractivity contribution in [2.45, 2.75) is 38.3 Å². The number of rotatable bonds is 9. The first-order valence-electron chi connectivity index (χ1n) is 7.08. The van der Waals surface area contributed by atoms with Crippen molar-refractivity contribution in [1.29, 1.82) is 0 Å². The van der Waals surface area contributed by atoms with Crippen LogP contribution in [0.4, 0.5) is 0 Å². The van der Waals surface area contributed by atoms with Gasteiger partial charge in [0.05, 0.1) is 13.7 Å². The number of aliphatic hydroxyl groups is 1. The zero-order chi connectivity index (χ0) is 14.4. The zero-order valence-electron chi connectivity index (χ0n) is 11.8. The Kier molecular flexibility index (Phi) is 5.95. The van der Waals surface area contributed by atoms with Crippen LogP contribution in [-0.2, 0) is 6.54 Å². The van der Waals surface area contributed by atoms with Gasteiger partial charge in [-0.25, -0.2) is 0 Å². The summed E-state index contributed by atoms with van der Waals surface area (Å²) in [7, 11) is 1.62. The SMILES string of the molecule is COc1cc(Cl)cc(CNC2CC2)c1OCCCCO. The molecule has 2 N–H and O–H groups in total. The summed E-state index contributed by atoms with van der Waals surface area (Å²) in [6.07, 6.45) is 4.04. The minimum atomic E-state index is 0.192. The molecule has 1 fully saturated rings. The van der Waals surface area contributed by atoms with Crippen LogP contribution in [0.5, 0.6) is 11.5 Å². The Morgan fingerprint density at radius 1 is 1.35 bits per heavy atom. The van der Waals surface area contributed by atoms with Gasteiger partial charge in [-0.05, 0) is 31.7 Å². The van der Waals surface area contributed by atoms with Crippen molar-refractivity contribution < 1.29 is 14.6 Å². The molecule has 0 heterocycles. The topological polar surface area (TPSA) is 50.7 Å². The Morgan fingerprint density at radius 3 is 2.80 bits per heavy atom. The summed E-state index contributed by atoms with van der Waals surface area (Å²) >= 11 is 6.12. The lowest BCUT2D eigenvalue weighted by Gasteiger charge is -2.16. The molecule has 0 radical (unpaired) electrons. The van der Waals surface area contributed by atoms with E-state index in [-0.39, 0.29) is 6.61 Å². The van der Waals surface area contributed by atoms with Gasteiger partial charge in [0, 0.05) is 35.8 Å². The second-order valence-electron chi connectivity index (χ2n) is 5.03. The van der Waals surface area contributed by atoms with E-state index >= 15 is 0 Å². The number of aliphatic hydroxyl groups excluding tert-OH is 1. The largest absolute Gasteiger partial charge is 0.493 e. The van der Waals surface area contributed by atoms with Crippen molar-refractivity contribution in [3.63, 3.8) is 0 Å². The number of hydrogen-bond acceptors (Lipinski definition) is 4. The van der Waals surface area contributed by atoms with E-state index in [0.29, 0.717) is 23.4 Å². The molecule has 0 aliphatic heterocycles. The molecule has 1 aliphatic carbocycles. The Balaban J connectivity index is 2.06. The van der Waals surface area contributed by atoms with Crippen LogP contribution in [0.1, 0.15) is 31.2 Å². The summed E-state index contributed by atoms with van der Waals surface area (Å²) in [6.45, 7) is 1.49. The Morgan fingerprint density at radius 2 is 2.15 bits per heavy atom. The number of unbranched alkanes of at least 4 members (excludes halogenated alkanes) is 1. The van der Waals surface area contributed by atoms with Gasteiger partial charge in [0.2, 0.25) is 0 Å². The van der Waals surface area contributed by atoms with Crippen LogP contribution in [-0.4, -0.2) is 31.5 Å². The fourth-order valence-corrected chi connectivity index (χ4v) is 2.23. The number of halogens is 1. The van der Waals surface area contributed by atoms with Crippen molar-refractivity contribution in [3.05, 3.63) is 22.7 Å². The summed E-state index contributed by atoms with van der Waals surface area (Å²) in [5, 5.41) is 12.9. The third-order valence-corrected chi connectivity index (χ3v) is 3.49. The molecule has 1 aliphatic rings. The molecule has 2 rings (SSSR count). The number of benzene rings is 1. The highest BCUT2D eigenvalue weighted by Crippen LogP contribution is 2.35. The minimum absolute atomic E-state index is 0.192. The summed E-state index contributed by atoms with van der Waals surface area (Å²) in [5.74, 6) is 1.41. The standard InChI is InChI=1S/C15H22ClNO3/c1-19-14-9-12(16)8-11(10-17-13-4-5-13)15(14)20-7-3-2-6-18/h8-9,13,17-18H,2-7,10H2,1H3. The first kappa shape index (κ1) is 15.4. The number of methoxy groups -OCH3 is 1. The molecule has 1 aromatic carbocycles. The quantitative estimate of drug-likeness (QED) is 0.689. The Bertz CT molecular complexity index is 435. The maximum Gasteiger partial charge on any atom is 0.165 e. The Hall–Kier alpha value is -0.970. The lowest BCUT2D eigenvalue weighted by atomic mass is 10.1. The summed E-state index contributed by atoms with van der Waals surface area (Å²) < 4.78 is 11.2. The summed E-state index contributed by atoms with van der Waals surface area (Å²) in [5.41, 5.74) is 1.02. The molecule has 0 saturated heterocycles. The van der Waals surface area contributed by atoms with Crippen LogP contribution in [0.25, 0.3) is 0 Å². The molecule has 0 aromatic heterocycles. The van der Waals surface area contributed by atoms with Crippen LogP contribution in [0.2, 0.25) is 5.02 Å². The lowest BCUT2D eigenvalue weighted by Crippen LogP contribution is -2.16. The van der Waals surface area contributed by atoms with Gasteiger partial charge in [-0.3, -0.25) is 0 Å². The van der Waals surface area contributed by atoms with Crippen molar-refractivity contribution >= 4 is 11.6 Å². The van der Waals surface area contributed by atoms with Crippen molar-refractivity contribution in [3.8, 4) is 11.5 Å². The maximum absolute atomic E-state index is 8.80. The van der Waals surface area contributed by atoms with E-state index in [1.807, 2.05) is 6.07 Å². The highest BCUT2D eigenvalue weighted by molar-refractivity contribution is 6.30. The number of ether oxygens (including phenoxy) is 2. The van der Waals surface area contributed by atoms with Crippen molar-refractivity contribution in [2.75, 3.05) is 20.3 Å². The molecule has 1 aromatic rings. The zero-order valence-corrected chi connectivity index (χ0v) is 12.6. The highest BCUT2D eigenvalue weighted by Gasteiger charge is 2.21. The van der Waals surface area contributed by atoms with Gasteiger partial charge >= 0.3 is 0 Å². The predicted molar refractivity (Wildman–Crippen MR) is 79.7 cm³/mol. The van der Waals surface area contributed by atoms with E-state index in [1.54, 1.807) is 13.2 Å². The van der Waals surface area contributed by atoms with Gasteiger partial charge in [0.25, 0.3) is 0 Å². The molecule has 0 atom stereocenters. The van der Waals surface area contributed by atoms with E-state index in [9.17, 15) is 0 Å². The van der Waals surface area contributed by atoms with E-state index in [1.165, 1.54) is 12.8 Å². The van der Waals surface area contributed by atoms with Gasteiger partial charge in [0.15, 0.2) is 11.5 Å². The number of hydrogen-bond donors (Lipinski definition) is 2. The van der Waals surface area contributed by atoms with Crippen LogP contribution < -0.4 is 14.8 Å². The van der Waals surface area contributed by atoms with E-state index in [0.717, 1.165) is 30.7 Å². The molecule has 0 spiro atoms. The summed E-state index contributed by atoms with van der Waals surface area (Å²) in [6, 6.07) is 4.31. The average molecular weight is 300 g/mol. The Labute approximate surface area is 125 Å². The highest BCUT2D eigenvalue weighted by atomic mass is 35.5. The second-order valence-corrected chi connectivity index (χ2v) is 5.47. The first-order chi connectivity index (χ1) is 9.74. The maximum atomic E-state index is 8.80. The first-order valence-corrected chi connectivity index (χ1v) is 7.46. The van der Waals surface area contributed by atoms with Crippen LogP contribution in [0.3, 0.4) is 0 Å². The minimum Gasteiger partial charge on any atom is -0.493 e.